The van der Waals surface area contributed by atoms with Gasteiger partial charge in [-0.2, -0.15) is 5.10 Å². The van der Waals surface area contributed by atoms with E-state index in [9.17, 15) is 9.18 Å². The Balaban J connectivity index is 1.36. The minimum Gasteiger partial charge on any atom is -0.486 e. The van der Waals surface area contributed by atoms with Crippen LogP contribution in [0.3, 0.4) is 0 Å². The van der Waals surface area contributed by atoms with Crippen LogP contribution in [0.25, 0.3) is 0 Å². The molecule has 0 fully saturated rings. The lowest BCUT2D eigenvalue weighted by molar-refractivity contribution is 0.0992. The maximum Gasteiger partial charge on any atom is 0.292 e. The number of halogens is 2. The van der Waals surface area contributed by atoms with Crippen molar-refractivity contribution in [3.8, 4) is 5.75 Å². The zero-order chi connectivity index (χ0) is 20.9. The minimum atomic E-state index is -0.477. The summed E-state index contributed by atoms with van der Waals surface area (Å²) in [6, 6.07) is 18.6. The predicted octanol–water partition coefficient (Wildman–Crippen LogP) is 5.15. The predicted molar refractivity (Wildman–Crippen MR) is 110 cm³/mol. The average Bonchev–Trinajstić information content (AvgIpc) is 3.35. The van der Waals surface area contributed by atoms with Gasteiger partial charge in [-0.05, 0) is 42.0 Å². The molecule has 0 unspecified atom stereocenters. The van der Waals surface area contributed by atoms with Crippen molar-refractivity contribution in [2.45, 2.75) is 13.2 Å². The van der Waals surface area contributed by atoms with Crippen molar-refractivity contribution in [1.29, 1.82) is 0 Å². The maximum atomic E-state index is 12.9. The molecule has 0 aliphatic heterocycles. The standard InChI is InChI=1S/C22H17ClFN3O3/c23-19-13-27(12-15-4-2-1-3-5-15)26-21(19)25-22(28)20-11-10-18(30-20)14-29-17-8-6-16(24)7-9-17/h1-11,13H,12,14H2,(H,25,26,28). The van der Waals surface area contributed by atoms with Gasteiger partial charge in [-0.3, -0.25) is 9.48 Å². The average molecular weight is 426 g/mol. The number of amides is 1. The molecule has 6 nitrogen and oxygen atoms in total. The Bertz CT molecular complexity index is 1140. The van der Waals surface area contributed by atoms with E-state index in [4.69, 9.17) is 20.8 Å². The van der Waals surface area contributed by atoms with E-state index in [0.717, 1.165) is 5.56 Å². The number of aromatic nitrogens is 2. The van der Waals surface area contributed by atoms with Crippen molar-refractivity contribution in [2.24, 2.45) is 0 Å². The number of nitrogens with one attached hydrogen (secondary N) is 1. The van der Waals surface area contributed by atoms with E-state index in [1.807, 2.05) is 30.3 Å². The fourth-order valence-corrected chi connectivity index (χ4v) is 2.96. The van der Waals surface area contributed by atoms with Crippen LogP contribution in [0.2, 0.25) is 5.02 Å². The molecule has 152 valence electrons. The lowest BCUT2D eigenvalue weighted by Crippen LogP contribution is -2.12. The third-order valence-corrected chi connectivity index (χ3v) is 4.49. The van der Waals surface area contributed by atoms with Crippen LogP contribution in [0.4, 0.5) is 10.2 Å². The lowest BCUT2D eigenvalue weighted by atomic mass is 10.2. The Labute approximate surface area is 176 Å². The second-order valence-electron chi connectivity index (χ2n) is 6.47. The summed E-state index contributed by atoms with van der Waals surface area (Å²) < 4.78 is 25.6. The summed E-state index contributed by atoms with van der Waals surface area (Å²) in [7, 11) is 0. The zero-order valence-electron chi connectivity index (χ0n) is 15.7. The molecule has 1 amide bonds. The molecular formula is C22H17ClFN3O3. The Morgan fingerprint density at radius 1 is 1.10 bits per heavy atom. The monoisotopic (exact) mass is 425 g/mol. The first kappa shape index (κ1) is 19.7. The smallest absolute Gasteiger partial charge is 0.292 e. The van der Waals surface area contributed by atoms with Crippen molar-refractivity contribution in [1.82, 2.24) is 9.78 Å². The third-order valence-electron chi connectivity index (χ3n) is 4.22. The van der Waals surface area contributed by atoms with Crippen molar-refractivity contribution >= 4 is 23.3 Å². The van der Waals surface area contributed by atoms with Gasteiger partial charge in [0.05, 0.1) is 6.54 Å². The molecule has 30 heavy (non-hydrogen) atoms. The van der Waals surface area contributed by atoms with Crippen LogP contribution in [-0.2, 0) is 13.2 Å². The first-order chi connectivity index (χ1) is 14.6. The molecule has 4 aromatic rings. The number of ether oxygens (including phenoxy) is 1. The van der Waals surface area contributed by atoms with Crippen molar-refractivity contribution in [3.63, 3.8) is 0 Å². The summed E-state index contributed by atoms with van der Waals surface area (Å²) in [6.07, 6.45) is 1.65. The molecule has 0 aliphatic carbocycles. The van der Waals surface area contributed by atoms with Gasteiger partial charge in [0, 0.05) is 6.20 Å². The van der Waals surface area contributed by atoms with Crippen LogP contribution < -0.4 is 10.1 Å². The van der Waals surface area contributed by atoms with Gasteiger partial charge in [0.25, 0.3) is 5.91 Å². The number of benzene rings is 2. The zero-order valence-corrected chi connectivity index (χ0v) is 16.5. The molecule has 2 heterocycles. The van der Waals surface area contributed by atoms with Gasteiger partial charge in [-0.1, -0.05) is 41.9 Å². The molecule has 0 atom stereocenters. The summed E-state index contributed by atoms with van der Waals surface area (Å²) in [5.41, 5.74) is 1.06. The second-order valence-corrected chi connectivity index (χ2v) is 6.88. The van der Waals surface area contributed by atoms with E-state index in [0.29, 0.717) is 23.1 Å². The number of carbonyl (C=O) groups is 1. The second kappa shape index (κ2) is 8.84. The Hall–Kier alpha value is -3.58. The van der Waals surface area contributed by atoms with Gasteiger partial charge in [-0.25, -0.2) is 4.39 Å². The highest BCUT2D eigenvalue weighted by atomic mass is 35.5. The molecular weight excluding hydrogens is 409 g/mol. The fraction of sp³-hybridized carbons (Fsp3) is 0.0909. The molecule has 2 aromatic carbocycles. The van der Waals surface area contributed by atoms with Gasteiger partial charge in [0.15, 0.2) is 11.6 Å². The summed E-state index contributed by atoms with van der Waals surface area (Å²) in [4.78, 5) is 12.5. The van der Waals surface area contributed by atoms with Crippen LogP contribution in [0.1, 0.15) is 21.9 Å². The van der Waals surface area contributed by atoms with Crippen molar-refractivity contribution < 1.29 is 18.3 Å². The lowest BCUT2D eigenvalue weighted by Gasteiger charge is -2.04. The van der Waals surface area contributed by atoms with E-state index in [1.165, 1.54) is 30.3 Å². The molecule has 2 aromatic heterocycles. The molecule has 0 saturated carbocycles. The van der Waals surface area contributed by atoms with Gasteiger partial charge in [0.2, 0.25) is 0 Å². The number of hydrogen-bond donors (Lipinski definition) is 1. The van der Waals surface area contributed by atoms with Gasteiger partial charge in [0.1, 0.15) is 29.0 Å². The van der Waals surface area contributed by atoms with Crippen molar-refractivity contribution in [3.05, 3.63) is 101 Å². The molecule has 0 bridgehead atoms. The van der Waals surface area contributed by atoms with Gasteiger partial charge in [-0.15, -0.1) is 0 Å². The number of carbonyl (C=O) groups excluding carboxylic acids is 1. The van der Waals surface area contributed by atoms with Gasteiger partial charge >= 0.3 is 0 Å². The van der Waals surface area contributed by atoms with Crippen molar-refractivity contribution in [2.75, 3.05) is 5.32 Å². The van der Waals surface area contributed by atoms with E-state index < -0.39 is 5.91 Å². The molecule has 0 saturated heterocycles. The van der Waals surface area contributed by atoms with Gasteiger partial charge < -0.3 is 14.5 Å². The SMILES string of the molecule is O=C(Nc1nn(Cc2ccccc2)cc1Cl)c1ccc(COc2ccc(F)cc2)o1. The van der Waals surface area contributed by atoms with E-state index in [-0.39, 0.29) is 24.0 Å². The molecule has 4 rings (SSSR count). The summed E-state index contributed by atoms with van der Waals surface area (Å²) in [6.45, 7) is 0.632. The molecule has 0 spiro atoms. The Morgan fingerprint density at radius 3 is 2.63 bits per heavy atom. The van der Waals surface area contributed by atoms with Crippen LogP contribution in [0, 0.1) is 5.82 Å². The number of furan rings is 1. The summed E-state index contributed by atoms with van der Waals surface area (Å²) >= 11 is 6.20. The molecule has 8 heteroatoms. The first-order valence-corrected chi connectivity index (χ1v) is 9.50. The van der Waals surface area contributed by atoms with Crippen LogP contribution in [-0.4, -0.2) is 15.7 Å². The Kier molecular flexibility index (Phi) is 5.81. The molecule has 0 radical (unpaired) electrons. The largest absolute Gasteiger partial charge is 0.486 e. The molecule has 0 aliphatic rings. The van der Waals surface area contributed by atoms with Crippen LogP contribution >= 0.6 is 11.6 Å². The molecule has 1 N–H and O–H groups in total. The summed E-state index contributed by atoms with van der Waals surface area (Å²) in [5, 5.41) is 7.29. The highest BCUT2D eigenvalue weighted by Gasteiger charge is 2.16. The van der Waals surface area contributed by atoms with E-state index in [1.54, 1.807) is 16.9 Å². The highest BCUT2D eigenvalue weighted by molar-refractivity contribution is 6.33. The normalized spacial score (nSPS) is 10.7. The topological polar surface area (TPSA) is 69.3 Å². The number of nitrogens with zero attached hydrogens (tertiary/aromatic N) is 2. The quantitative estimate of drug-likeness (QED) is 0.444. The maximum absolute atomic E-state index is 12.9. The fourth-order valence-electron chi connectivity index (χ4n) is 2.77. The third kappa shape index (κ3) is 4.87. The number of hydrogen-bond acceptors (Lipinski definition) is 4. The minimum absolute atomic E-state index is 0.0985. The van der Waals surface area contributed by atoms with Crippen LogP contribution in [0.15, 0.2) is 77.3 Å². The number of anilines is 1. The first-order valence-electron chi connectivity index (χ1n) is 9.12. The van der Waals surface area contributed by atoms with Crippen LogP contribution in [0.5, 0.6) is 5.75 Å². The highest BCUT2D eigenvalue weighted by Crippen LogP contribution is 2.22. The summed E-state index contributed by atoms with van der Waals surface area (Å²) in [5.74, 6) is 0.471. The van der Waals surface area contributed by atoms with E-state index >= 15 is 0 Å². The van der Waals surface area contributed by atoms with E-state index in [2.05, 4.69) is 10.4 Å². The Morgan fingerprint density at radius 2 is 1.87 bits per heavy atom. The number of rotatable bonds is 7.